The molecule has 1 amide bonds. The molecule has 3 rings (SSSR count). The highest BCUT2D eigenvalue weighted by molar-refractivity contribution is 7.22. The van der Waals surface area contributed by atoms with Crippen molar-refractivity contribution in [3.05, 3.63) is 35.0 Å². The number of hydrogen-bond acceptors (Lipinski definition) is 8. The summed E-state index contributed by atoms with van der Waals surface area (Å²) in [4.78, 5) is 30.3. The number of aromatic nitrogens is 3. The fraction of sp³-hybridized carbons (Fsp3) is 0.429. The molecule has 2 aromatic heterocycles. The molecule has 0 aliphatic carbocycles. The third-order valence-electron chi connectivity index (χ3n) is 4.56. The van der Waals surface area contributed by atoms with Crippen molar-refractivity contribution in [3.8, 4) is 11.9 Å². The van der Waals surface area contributed by atoms with Gasteiger partial charge in [0.15, 0.2) is 5.13 Å². The second-order valence-corrected chi connectivity index (χ2v) is 8.30. The van der Waals surface area contributed by atoms with Crippen LogP contribution in [0.4, 0.5) is 5.13 Å². The van der Waals surface area contributed by atoms with Crippen LogP contribution in [-0.4, -0.2) is 67.2 Å². The van der Waals surface area contributed by atoms with Crippen molar-refractivity contribution in [1.29, 1.82) is 0 Å². The number of methoxy groups -OCH3 is 2. The monoisotopic (exact) mass is 429 g/mol. The molecule has 0 aliphatic heterocycles. The van der Waals surface area contributed by atoms with Crippen molar-refractivity contribution >= 4 is 32.6 Å². The minimum Gasteiger partial charge on any atom is -0.481 e. The van der Waals surface area contributed by atoms with Gasteiger partial charge < -0.3 is 14.4 Å². The summed E-state index contributed by atoms with van der Waals surface area (Å²) < 4.78 is 11.4. The Labute approximate surface area is 180 Å². The van der Waals surface area contributed by atoms with E-state index in [0.29, 0.717) is 11.7 Å². The summed E-state index contributed by atoms with van der Waals surface area (Å²) in [6.45, 7) is 5.48. The summed E-state index contributed by atoms with van der Waals surface area (Å²) in [5.41, 5.74) is 3.40. The van der Waals surface area contributed by atoms with E-state index in [0.717, 1.165) is 34.3 Å². The molecule has 8 nitrogen and oxygen atoms in total. The highest BCUT2D eigenvalue weighted by atomic mass is 32.1. The second kappa shape index (κ2) is 9.36. The highest BCUT2D eigenvalue weighted by Gasteiger charge is 2.24. The van der Waals surface area contributed by atoms with Crippen LogP contribution in [-0.2, 0) is 0 Å². The topological polar surface area (TPSA) is 80.7 Å². The number of carbonyl (C=O) groups excluding carboxylic acids is 1. The van der Waals surface area contributed by atoms with Gasteiger partial charge in [-0.05, 0) is 58.1 Å². The summed E-state index contributed by atoms with van der Waals surface area (Å²) in [5, 5.41) is 0.652. The number of nitrogens with zero attached hydrogens (tertiary/aromatic N) is 5. The fourth-order valence-electron chi connectivity index (χ4n) is 3.16. The lowest BCUT2D eigenvalue weighted by molar-refractivity contribution is 0.0979. The van der Waals surface area contributed by atoms with Crippen molar-refractivity contribution in [3.63, 3.8) is 0 Å². The highest BCUT2D eigenvalue weighted by Crippen LogP contribution is 2.33. The van der Waals surface area contributed by atoms with Crippen LogP contribution < -0.4 is 14.4 Å². The van der Waals surface area contributed by atoms with E-state index in [9.17, 15) is 4.79 Å². The van der Waals surface area contributed by atoms with Gasteiger partial charge >= 0.3 is 6.01 Å². The molecule has 0 atom stereocenters. The van der Waals surface area contributed by atoms with Gasteiger partial charge in [-0.1, -0.05) is 17.4 Å². The Hall–Kier alpha value is -2.78. The number of hydrogen-bond donors (Lipinski definition) is 0. The first-order chi connectivity index (χ1) is 14.3. The predicted molar refractivity (Wildman–Crippen MR) is 119 cm³/mol. The van der Waals surface area contributed by atoms with Gasteiger partial charge in [-0.15, -0.1) is 0 Å². The summed E-state index contributed by atoms with van der Waals surface area (Å²) in [6.07, 6.45) is 0.798. The molecule has 2 heterocycles. The maximum atomic E-state index is 13.5. The van der Waals surface area contributed by atoms with Crippen molar-refractivity contribution in [2.45, 2.75) is 20.3 Å². The quantitative estimate of drug-likeness (QED) is 0.543. The molecule has 160 valence electrons. The molecule has 3 aromatic rings. The summed E-state index contributed by atoms with van der Waals surface area (Å²) in [7, 11) is 6.96. The smallest absolute Gasteiger partial charge is 0.320 e. The lowest BCUT2D eigenvalue weighted by Gasteiger charge is -2.21. The average molecular weight is 430 g/mol. The molecule has 30 heavy (non-hydrogen) atoms. The maximum Gasteiger partial charge on any atom is 0.320 e. The van der Waals surface area contributed by atoms with Crippen LogP contribution in [0.25, 0.3) is 10.2 Å². The van der Waals surface area contributed by atoms with Gasteiger partial charge in [0.05, 0.1) is 24.4 Å². The van der Waals surface area contributed by atoms with Crippen LogP contribution in [0.1, 0.15) is 28.0 Å². The predicted octanol–water partition coefficient (Wildman–Crippen LogP) is 3.32. The lowest BCUT2D eigenvalue weighted by Crippen LogP contribution is -2.34. The number of aryl methyl sites for hydroxylation is 2. The molecule has 0 aliphatic rings. The number of rotatable bonds is 8. The Morgan fingerprint density at radius 2 is 1.80 bits per heavy atom. The zero-order valence-corrected chi connectivity index (χ0v) is 19.0. The van der Waals surface area contributed by atoms with Crippen LogP contribution in [0.2, 0.25) is 0 Å². The number of carbonyl (C=O) groups is 1. The molecular weight excluding hydrogens is 402 g/mol. The molecular formula is C21H27N5O3S. The zero-order valence-electron chi connectivity index (χ0n) is 18.2. The van der Waals surface area contributed by atoms with E-state index in [1.54, 1.807) is 4.90 Å². The van der Waals surface area contributed by atoms with Gasteiger partial charge in [-0.2, -0.15) is 9.97 Å². The molecule has 0 N–H and O–H groups in total. The minimum absolute atomic E-state index is 0.0849. The van der Waals surface area contributed by atoms with Gasteiger partial charge in [0.1, 0.15) is 5.69 Å². The first-order valence-corrected chi connectivity index (χ1v) is 10.5. The molecule has 0 radical (unpaired) electrons. The number of benzene rings is 1. The lowest BCUT2D eigenvalue weighted by atomic mass is 10.1. The fourth-order valence-corrected chi connectivity index (χ4v) is 4.20. The third kappa shape index (κ3) is 4.85. The first kappa shape index (κ1) is 21.9. The van der Waals surface area contributed by atoms with Crippen LogP contribution >= 0.6 is 11.3 Å². The Morgan fingerprint density at radius 1 is 1.03 bits per heavy atom. The van der Waals surface area contributed by atoms with Crippen molar-refractivity contribution in [2.75, 3.05) is 46.3 Å². The zero-order chi connectivity index (χ0) is 21.8. The first-order valence-electron chi connectivity index (χ1n) is 9.63. The number of thiazole rings is 1. The number of ether oxygens (including phenoxy) is 2. The van der Waals surface area contributed by atoms with E-state index >= 15 is 0 Å². The van der Waals surface area contributed by atoms with Crippen molar-refractivity contribution in [1.82, 2.24) is 19.9 Å². The Balaban J connectivity index is 2.02. The largest absolute Gasteiger partial charge is 0.481 e. The molecule has 9 heteroatoms. The maximum absolute atomic E-state index is 13.5. The second-order valence-electron chi connectivity index (χ2n) is 7.32. The van der Waals surface area contributed by atoms with E-state index in [-0.39, 0.29) is 23.5 Å². The summed E-state index contributed by atoms with van der Waals surface area (Å²) in [6, 6.07) is 5.78. The van der Waals surface area contributed by atoms with E-state index in [2.05, 4.69) is 27.9 Å². The van der Waals surface area contributed by atoms with Gasteiger partial charge in [0, 0.05) is 12.6 Å². The number of anilines is 1. The molecule has 0 saturated carbocycles. The van der Waals surface area contributed by atoms with E-state index in [4.69, 9.17) is 14.5 Å². The molecule has 0 unspecified atom stereocenters. The summed E-state index contributed by atoms with van der Waals surface area (Å²) in [5.74, 6) is 0.00963. The summed E-state index contributed by atoms with van der Waals surface area (Å²) >= 11 is 1.52. The SMILES string of the molecule is COc1cc(C(=O)N(CCCN(C)C)c2nc3cc(C)cc(C)c3s2)nc(OC)n1. The molecule has 0 fully saturated rings. The molecule has 0 spiro atoms. The number of amides is 1. The Kier molecular flexibility index (Phi) is 6.84. The number of fused-ring (bicyclic) bond motifs is 1. The Bertz CT molecular complexity index is 1030. The van der Waals surface area contributed by atoms with Crippen LogP contribution in [0.3, 0.4) is 0 Å². The standard InChI is InChI=1S/C21H27N5O3S/c1-13-10-14(2)18-15(11-13)23-21(30-18)26(9-7-8-25(3)4)19(27)16-12-17(28-5)24-20(22-16)29-6/h10-12H,7-9H2,1-6H3. The van der Waals surface area contributed by atoms with Gasteiger partial charge in [0.25, 0.3) is 5.91 Å². The minimum atomic E-state index is -0.263. The Morgan fingerprint density at radius 3 is 2.47 bits per heavy atom. The normalized spacial score (nSPS) is 11.2. The molecule has 0 saturated heterocycles. The average Bonchev–Trinajstić information content (AvgIpc) is 3.14. The van der Waals surface area contributed by atoms with Crippen LogP contribution in [0.15, 0.2) is 18.2 Å². The van der Waals surface area contributed by atoms with Gasteiger partial charge in [-0.25, -0.2) is 4.98 Å². The van der Waals surface area contributed by atoms with Crippen molar-refractivity contribution < 1.29 is 14.3 Å². The van der Waals surface area contributed by atoms with E-state index < -0.39 is 0 Å². The molecule has 1 aromatic carbocycles. The van der Waals surface area contributed by atoms with Gasteiger partial charge in [0.2, 0.25) is 5.88 Å². The molecule has 0 bridgehead atoms. The third-order valence-corrected chi connectivity index (χ3v) is 5.79. The van der Waals surface area contributed by atoms with Gasteiger partial charge in [-0.3, -0.25) is 9.69 Å². The van der Waals surface area contributed by atoms with Crippen LogP contribution in [0.5, 0.6) is 11.9 Å². The van der Waals surface area contributed by atoms with Crippen molar-refractivity contribution in [2.24, 2.45) is 0 Å². The van der Waals surface area contributed by atoms with Crippen LogP contribution in [0, 0.1) is 13.8 Å². The van der Waals surface area contributed by atoms with E-state index in [1.807, 2.05) is 27.1 Å². The van der Waals surface area contributed by atoms with E-state index in [1.165, 1.54) is 31.6 Å².